The standard InChI is InChI=1S/C24H24N4O2S/c1-15-14-31-23-18(11-16-3-5-17(6-4-16)20-7-9-28(2)27-20)12-21(26-22(15)23)24(29)25-13-19-8-10-30-19/h3-7,9,12,14,19H,8,10-11,13H2,1-2H3,(H,25,29). The van der Waals surface area contributed by atoms with Gasteiger partial charge in [0.25, 0.3) is 5.91 Å². The Kier molecular flexibility index (Phi) is 5.29. The third kappa shape index (κ3) is 4.11. The van der Waals surface area contributed by atoms with E-state index in [1.54, 1.807) is 16.0 Å². The van der Waals surface area contributed by atoms with Gasteiger partial charge in [0.2, 0.25) is 0 Å². The van der Waals surface area contributed by atoms with Gasteiger partial charge >= 0.3 is 0 Å². The molecule has 0 bridgehead atoms. The van der Waals surface area contributed by atoms with E-state index in [0.717, 1.165) is 52.0 Å². The van der Waals surface area contributed by atoms with E-state index in [9.17, 15) is 4.79 Å². The normalized spacial score (nSPS) is 15.7. The number of hydrogen-bond donors (Lipinski definition) is 1. The highest BCUT2D eigenvalue weighted by atomic mass is 32.1. The zero-order valence-corrected chi connectivity index (χ0v) is 18.4. The monoisotopic (exact) mass is 432 g/mol. The van der Waals surface area contributed by atoms with Crippen LogP contribution in [0.15, 0.2) is 48.0 Å². The van der Waals surface area contributed by atoms with Crippen LogP contribution in [0, 0.1) is 6.92 Å². The fourth-order valence-electron chi connectivity index (χ4n) is 3.76. The van der Waals surface area contributed by atoms with Crippen LogP contribution in [0.3, 0.4) is 0 Å². The second-order valence-electron chi connectivity index (χ2n) is 8.00. The van der Waals surface area contributed by atoms with E-state index < -0.39 is 0 Å². The van der Waals surface area contributed by atoms with Crippen LogP contribution < -0.4 is 5.32 Å². The Labute approximate surface area is 184 Å². The molecule has 1 fully saturated rings. The highest BCUT2D eigenvalue weighted by molar-refractivity contribution is 7.17. The molecule has 1 unspecified atom stereocenters. The van der Waals surface area contributed by atoms with Crippen LogP contribution in [0.2, 0.25) is 0 Å². The Hall–Kier alpha value is -3.03. The molecule has 0 aliphatic carbocycles. The Morgan fingerprint density at radius 2 is 2.10 bits per heavy atom. The van der Waals surface area contributed by atoms with Gasteiger partial charge in [0, 0.05) is 32.0 Å². The summed E-state index contributed by atoms with van der Waals surface area (Å²) in [6.07, 6.45) is 3.82. The van der Waals surface area contributed by atoms with E-state index in [1.165, 1.54) is 5.56 Å². The molecule has 1 amide bonds. The van der Waals surface area contributed by atoms with Crippen molar-refractivity contribution in [2.24, 2.45) is 7.05 Å². The van der Waals surface area contributed by atoms with Crippen molar-refractivity contribution in [2.45, 2.75) is 25.9 Å². The number of hydrogen-bond acceptors (Lipinski definition) is 5. The van der Waals surface area contributed by atoms with Gasteiger partial charge in [-0.1, -0.05) is 24.3 Å². The van der Waals surface area contributed by atoms with Gasteiger partial charge in [-0.05, 0) is 54.0 Å². The average molecular weight is 433 g/mol. The van der Waals surface area contributed by atoms with E-state index in [4.69, 9.17) is 4.74 Å². The van der Waals surface area contributed by atoms with Crippen LogP contribution in [0.1, 0.15) is 33.6 Å². The van der Waals surface area contributed by atoms with Crippen molar-refractivity contribution < 1.29 is 9.53 Å². The molecule has 1 saturated heterocycles. The van der Waals surface area contributed by atoms with Crippen molar-refractivity contribution in [2.75, 3.05) is 13.2 Å². The molecule has 31 heavy (non-hydrogen) atoms. The summed E-state index contributed by atoms with van der Waals surface area (Å²) in [6.45, 7) is 3.36. The van der Waals surface area contributed by atoms with Gasteiger partial charge in [-0.15, -0.1) is 11.3 Å². The Morgan fingerprint density at radius 1 is 1.29 bits per heavy atom. The van der Waals surface area contributed by atoms with Crippen molar-refractivity contribution in [1.82, 2.24) is 20.1 Å². The summed E-state index contributed by atoms with van der Waals surface area (Å²) in [5.41, 5.74) is 6.85. The number of thiophene rings is 1. The predicted molar refractivity (Wildman–Crippen MR) is 122 cm³/mol. The second-order valence-corrected chi connectivity index (χ2v) is 8.88. The van der Waals surface area contributed by atoms with Crippen molar-refractivity contribution in [3.8, 4) is 11.3 Å². The van der Waals surface area contributed by atoms with E-state index >= 15 is 0 Å². The molecule has 0 spiro atoms. The van der Waals surface area contributed by atoms with Crippen LogP contribution in [0.25, 0.3) is 21.5 Å². The summed E-state index contributed by atoms with van der Waals surface area (Å²) in [6, 6.07) is 12.4. The molecule has 3 aromatic heterocycles. The fourth-order valence-corrected chi connectivity index (χ4v) is 4.77. The van der Waals surface area contributed by atoms with Crippen LogP contribution in [-0.4, -0.2) is 39.9 Å². The lowest BCUT2D eigenvalue weighted by Gasteiger charge is -2.26. The zero-order chi connectivity index (χ0) is 21.4. The summed E-state index contributed by atoms with van der Waals surface area (Å²) in [4.78, 5) is 17.4. The highest BCUT2D eigenvalue weighted by Crippen LogP contribution is 2.30. The first-order chi connectivity index (χ1) is 15.1. The van der Waals surface area contributed by atoms with Gasteiger partial charge in [0.05, 0.1) is 22.0 Å². The van der Waals surface area contributed by atoms with Gasteiger partial charge < -0.3 is 10.1 Å². The molecular formula is C24H24N4O2S. The summed E-state index contributed by atoms with van der Waals surface area (Å²) < 4.78 is 8.35. The number of benzene rings is 1. The van der Waals surface area contributed by atoms with Gasteiger partial charge in [0.1, 0.15) is 5.69 Å². The number of carbonyl (C=O) groups excluding carboxylic acids is 1. The largest absolute Gasteiger partial charge is 0.376 e. The minimum absolute atomic E-state index is 0.132. The molecule has 5 rings (SSSR count). The number of fused-ring (bicyclic) bond motifs is 1. The molecule has 1 N–H and O–H groups in total. The third-order valence-electron chi connectivity index (χ3n) is 5.65. The zero-order valence-electron chi connectivity index (χ0n) is 17.6. The molecule has 1 aromatic carbocycles. The molecule has 158 valence electrons. The van der Waals surface area contributed by atoms with E-state index in [-0.39, 0.29) is 12.0 Å². The van der Waals surface area contributed by atoms with E-state index in [0.29, 0.717) is 12.2 Å². The maximum atomic E-state index is 12.7. The van der Waals surface area contributed by atoms with E-state index in [1.807, 2.05) is 32.3 Å². The predicted octanol–water partition coefficient (Wildman–Crippen LogP) is 4.11. The Balaban J connectivity index is 1.41. The summed E-state index contributed by atoms with van der Waals surface area (Å²) in [7, 11) is 1.92. The van der Waals surface area contributed by atoms with Gasteiger partial charge in [-0.2, -0.15) is 5.10 Å². The first-order valence-corrected chi connectivity index (χ1v) is 11.3. The lowest BCUT2D eigenvalue weighted by Crippen LogP contribution is -2.39. The lowest BCUT2D eigenvalue weighted by atomic mass is 10.0. The van der Waals surface area contributed by atoms with Crippen molar-refractivity contribution in [1.29, 1.82) is 0 Å². The van der Waals surface area contributed by atoms with Crippen molar-refractivity contribution >= 4 is 27.5 Å². The molecule has 7 heteroatoms. The quantitative estimate of drug-likeness (QED) is 0.498. The molecule has 0 saturated carbocycles. The number of ether oxygens (including phenoxy) is 1. The number of pyridine rings is 1. The Bertz CT molecular complexity index is 1240. The minimum Gasteiger partial charge on any atom is -0.376 e. The van der Waals surface area contributed by atoms with E-state index in [2.05, 4.69) is 45.0 Å². The van der Waals surface area contributed by atoms with Crippen molar-refractivity contribution in [3.63, 3.8) is 0 Å². The topological polar surface area (TPSA) is 69.0 Å². The molecular weight excluding hydrogens is 408 g/mol. The third-order valence-corrected chi connectivity index (χ3v) is 6.81. The summed E-state index contributed by atoms with van der Waals surface area (Å²) >= 11 is 1.69. The molecule has 6 nitrogen and oxygen atoms in total. The molecule has 1 aliphatic rings. The first-order valence-electron chi connectivity index (χ1n) is 10.4. The number of nitrogens with zero attached hydrogens (tertiary/aromatic N) is 3. The second kappa shape index (κ2) is 8.24. The van der Waals surface area contributed by atoms with Gasteiger partial charge in [-0.25, -0.2) is 4.98 Å². The number of carbonyl (C=O) groups is 1. The molecule has 4 aromatic rings. The number of rotatable bonds is 6. The van der Waals surface area contributed by atoms with Crippen LogP contribution in [0.4, 0.5) is 0 Å². The van der Waals surface area contributed by atoms with Crippen molar-refractivity contribution in [3.05, 3.63) is 70.4 Å². The first kappa shape index (κ1) is 19.9. The highest BCUT2D eigenvalue weighted by Gasteiger charge is 2.20. The molecule has 1 atom stereocenters. The van der Waals surface area contributed by atoms with Gasteiger partial charge in [0.15, 0.2) is 0 Å². The van der Waals surface area contributed by atoms with Crippen LogP contribution >= 0.6 is 11.3 Å². The van der Waals surface area contributed by atoms with Crippen LogP contribution in [0.5, 0.6) is 0 Å². The average Bonchev–Trinajstić information content (AvgIpc) is 3.33. The fraction of sp³-hybridized carbons (Fsp3) is 0.292. The minimum atomic E-state index is -0.144. The van der Waals surface area contributed by atoms with Gasteiger partial charge in [-0.3, -0.25) is 9.48 Å². The number of aryl methyl sites for hydroxylation is 2. The smallest absolute Gasteiger partial charge is 0.270 e. The lowest BCUT2D eigenvalue weighted by molar-refractivity contribution is -0.0473. The number of nitrogens with one attached hydrogen (secondary N) is 1. The molecule has 1 aliphatic heterocycles. The molecule has 0 radical (unpaired) electrons. The number of aromatic nitrogens is 3. The molecule has 4 heterocycles. The summed E-state index contributed by atoms with van der Waals surface area (Å²) in [5, 5.41) is 9.54. The maximum absolute atomic E-state index is 12.7. The Morgan fingerprint density at radius 3 is 2.77 bits per heavy atom. The number of amides is 1. The maximum Gasteiger partial charge on any atom is 0.270 e. The summed E-state index contributed by atoms with van der Waals surface area (Å²) in [5.74, 6) is -0.144. The van der Waals surface area contributed by atoms with Crippen LogP contribution in [-0.2, 0) is 18.2 Å². The SMILES string of the molecule is Cc1csc2c(Cc3ccc(-c4ccn(C)n4)cc3)cc(C(=O)NCC3CCO3)nc12.